The van der Waals surface area contributed by atoms with Gasteiger partial charge in [-0.05, 0) is 102 Å². The summed E-state index contributed by atoms with van der Waals surface area (Å²) >= 11 is 0.806. The number of nitrogens with zero attached hydrogens (tertiary/aromatic N) is 3. The molecule has 1 aliphatic carbocycles. The largest absolute Gasteiger partial charge is 0.493 e. The summed E-state index contributed by atoms with van der Waals surface area (Å²) < 4.78 is 48.4. The molecule has 1 aromatic heterocycles. The molecule has 304 valence electrons. The number of sulfonamides is 1. The van der Waals surface area contributed by atoms with Gasteiger partial charge in [-0.3, -0.25) is 4.79 Å². The van der Waals surface area contributed by atoms with Gasteiger partial charge in [0.15, 0.2) is 26.9 Å². The van der Waals surface area contributed by atoms with Crippen molar-refractivity contribution < 1.29 is 37.3 Å². The van der Waals surface area contributed by atoms with Crippen molar-refractivity contribution in [2.24, 2.45) is 5.92 Å². The SMILES string of the molecule is Cc1nc(N)sc1S(=O)(=O)N1Cc2cc3c(cc2C[C@H]1C(=O)NC(Cc1ccc(-c2ccc(C#N)cc2)cc1)C(=O)O)OC[C@H](c1ccc(OCC2CCCC2)cc1)O3. The van der Waals surface area contributed by atoms with Gasteiger partial charge in [0, 0.05) is 13.0 Å². The molecule has 0 spiro atoms. The first kappa shape index (κ1) is 39.9. The first-order valence-corrected chi connectivity index (χ1v) is 21.8. The molecule has 3 atom stereocenters. The molecule has 0 radical (unpaired) electrons. The van der Waals surface area contributed by atoms with Crippen LogP contribution >= 0.6 is 11.3 Å². The van der Waals surface area contributed by atoms with Gasteiger partial charge in [0.25, 0.3) is 10.0 Å². The first-order chi connectivity index (χ1) is 28.4. The number of carboxylic acids is 1. The number of carbonyl (C=O) groups excluding carboxylic acids is 1. The number of aryl methyl sites for hydroxylation is 1. The third-order valence-electron chi connectivity index (χ3n) is 11.2. The number of carbonyl (C=O) groups is 2. The number of hydrogen-bond acceptors (Lipinski definition) is 11. The molecule has 59 heavy (non-hydrogen) atoms. The average Bonchev–Trinajstić information content (AvgIpc) is 3.90. The van der Waals surface area contributed by atoms with Crippen molar-refractivity contribution in [1.82, 2.24) is 14.6 Å². The smallest absolute Gasteiger partial charge is 0.326 e. The number of anilines is 1. The maximum Gasteiger partial charge on any atom is 0.326 e. The van der Waals surface area contributed by atoms with E-state index in [4.69, 9.17) is 25.2 Å². The molecule has 1 unspecified atom stereocenters. The van der Waals surface area contributed by atoms with E-state index in [1.807, 2.05) is 48.5 Å². The highest BCUT2D eigenvalue weighted by Crippen LogP contribution is 2.42. The molecule has 0 saturated heterocycles. The molecular weight excluding hydrogens is 791 g/mol. The lowest BCUT2D eigenvalue weighted by Crippen LogP contribution is -2.55. The van der Waals surface area contributed by atoms with E-state index in [1.54, 1.807) is 36.4 Å². The molecule has 1 saturated carbocycles. The van der Waals surface area contributed by atoms with Crippen LogP contribution in [0.4, 0.5) is 5.13 Å². The van der Waals surface area contributed by atoms with E-state index in [9.17, 15) is 23.1 Å². The van der Waals surface area contributed by atoms with Crippen molar-refractivity contribution in [3.8, 4) is 34.4 Å². The molecule has 13 nitrogen and oxygen atoms in total. The second-order valence-corrected chi connectivity index (χ2v) is 18.3. The highest BCUT2D eigenvalue weighted by atomic mass is 32.2. The Hall–Kier alpha value is -5.95. The Morgan fingerprint density at radius 2 is 1.69 bits per heavy atom. The average molecular weight is 834 g/mol. The van der Waals surface area contributed by atoms with Crippen molar-refractivity contribution in [3.63, 3.8) is 0 Å². The standard InChI is InChI=1S/C44H43N5O8S2/c1-26-43(58-44(46)47-26)59(53,54)49-23-34-21-39-38(56-25-40(57-39)32-14-16-35(17-15-32)55-24-29-4-2-3-5-29)20-33(34)19-37(49)41(50)48-36(42(51)52)18-27-6-10-30(11-7-27)31-12-8-28(22-45)9-13-31/h6-17,20-21,29,36-37,40H,2-5,18-19,23-25H2,1H3,(H2,46,47)(H,48,50)(H,51,52)/t36?,37-,40+/m0/s1. The fourth-order valence-electron chi connectivity index (χ4n) is 7.96. The summed E-state index contributed by atoms with van der Waals surface area (Å²) in [7, 11) is -4.35. The van der Waals surface area contributed by atoms with Crippen molar-refractivity contribution >= 4 is 38.4 Å². The number of amides is 1. The van der Waals surface area contributed by atoms with E-state index < -0.39 is 40.1 Å². The highest BCUT2D eigenvalue weighted by molar-refractivity contribution is 7.91. The zero-order valence-electron chi connectivity index (χ0n) is 32.3. The molecule has 0 bridgehead atoms. The fourth-order valence-corrected chi connectivity index (χ4v) is 10.9. The highest BCUT2D eigenvalue weighted by Gasteiger charge is 2.43. The number of aromatic nitrogens is 1. The zero-order chi connectivity index (χ0) is 41.3. The van der Waals surface area contributed by atoms with Crippen LogP contribution in [0.15, 0.2) is 89.1 Å². The number of aliphatic carboxylic acids is 1. The second-order valence-electron chi connectivity index (χ2n) is 15.2. The predicted molar refractivity (Wildman–Crippen MR) is 221 cm³/mol. The summed E-state index contributed by atoms with van der Waals surface area (Å²) in [5, 5.41) is 22.1. The number of nitrogens with one attached hydrogen (secondary N) is 1. The van der Waals surface area contributed by atoms with Gasteiger partial charge in [-0.15, -0.1) is 0 Å². The van der Waals surface area contributed by atoms with Crippen molar-refractivity contribution in [3.05, 3.63) is 118 Å². The number of nitrogen functional groups attached to an aromatic ring is 1. The van der Waals surface area contributed by atoms with Crippen molar-refractivity contribution in [2.75, 3.05) is 18.9 Å². The molecule has 2 aliphatic heterocycles. The Morgan fingerprint density at radius 1 is 1.02 bits per heavy atom. The molecule has 5 aromatic rings. The minimum Gasteiger partial charge on any atom is -0.493 e. The van der Waals surface area contributed by atoms with Crippen molar-refractivity contribution in [2.45, 2.75) is 74.4 Å². The Morgan fingerprint density at radius 3 is 2.34 bits per heavy atom. The molecule has 3 heterocycles. The van der Waals surface area contributed by atoms with Gasteiger partial charge in [-0.25, -0.2) is 18.2 Å². The lowest BCUT2D eigenvalue weighted by molar-refractivity contribution is -0.142. The topological polar surface area (TPSA) is 194 Å². The zero-order valence-corrected chi connectivity index (χ0v) is 33.9. The Labute approximate surface area is 346 Å². The molecule has 1 fully saturated rings. The summed E-state index contributed by atoms with van der Waals surface area (Å²) in [6, 6.07) is 25.1. The molecule has 3 aliphatic rings. The number of carboxylic acid groups (broad SMARTS) is 1. The number of benzene rings is 4. The molecule has 8 rings (SSSR count). The Bertz CT molecular complexity index is 2510. The number of fused-ring (bicyclic) bond motifs is 2. The summed E-state index contributed by atoms with van der Waals surface area (Å²) in [5.74, 6) is 0.273. The monoisotopic (exact) mass is 833 g/mol. The van der Waals surface area contributed by atoms with Crippen LogP contribution in [0.3, 0.4) is 0 Å². The third kappa shape index (κ3) is 8.61. The van der Waals surface area contributed by atoms with E-state index in [-0.39, 0.29) is 41.0 Å². The molecule has 4 aromatic carbocycles. The summed E-state index contributed by atoms with van der Waals surface area (Å²) in [6.45, 7) is 2.29. The number of rotatable bonds is 12. The molecule has 4 N–H and O–H groups in total. The van der Waals surface area contributed by atoms with Gasteiger partial charge in [0.2, 0.25) is 5.91 Å². The first-order valence-electron chi connectivity index (χ1n) is 19.5. The van der Waals surface area contributed by atoms with Gasteiger partial charge in [-0.2, -0.15) is 9.57 Å². The second kappa shape index (κ2) is 16.7. The number of ether oxygens (including phenoxy) is 3. The Kier molecular flexibility index (Phi) is 11.3. The van der Waals surface area contributed by atoms with Crippen LogP contribution in [-0.2, 0) is 39.0 Å². The molecular formula is C44H43N5O8S2. The minimum absolute atomic E-state index is 0.0503. The minimum atomic E-state index is -4.35. The van der Waals surface area contributed by atoms with Gasteiger partial charge >= 0.3 is 5.97 Å². The number of nitrogens with two attached hydrogens (primary N) is 1. The fraction of sp³-hybridized carbons (Fsp3) is 0.318. The lowest BCUT2D eigenvalue weighted by Gasteiger charge is -2.36. The maximum absolute atomic E-state index is 14.4. The normalized spacial score (nSPS) is 18.4. The van der Waals surface area contributed by atoms with Gasteiger partial charge in [-0.1, -0.05) is 72.7 Å². The summed E-state index contributed by atoms with van der Waals surface area (Å²) in [5.41, 5.74) is 11.3. The number of hydrogen-bond donors (Lipinski definition) is 3. The van der Waals surface area contributed by atoms with Crippen LogP contribution in [0.2, 0.25) is 0 Å². The lowest BCUT2D eigenvalue weighted by atomic mass is 9.94. The van der Waals surface area contributed by atoms with Crippen LogP contribution in [0.5, 0.6) is 17.2 Å². The summed E-state index contributed by atoms with van der Waals surface area (Å²) in [6.07, 6.45) is 4.40. The van der Waals surface area contributed by atoms with Crippen LogP contribution in [-0.4, -0.2) is 60.0 Å². The van der Waals surface area contributed by atoms with Gasteiger partial charge < -0.3 is 30.4 Å². The third-order valence-corrected chi connectivity index (χ3v) is 14.6. The molecule has 15 heteroatoms. The van der Waals surface area contributed by atoms with Gasteiger partial charge in [0.05, 0.1) is 23.9 Å². The van der Waals surface area contributed by atoms with E-state index in [0.717, 1.165) is 38.1 Å². The number of nitriles is 1. The van der Waals surface area contributed by atoms with Crippen LogP contribution in [0, 0.1) is 24.2 Å². The van der Waals surface area contributed by atoms with E-state index >= 15 is 0 Å². The maximum atomic E-state index is 14.4. The van der Waals surface area contributed by atoms with E-state index in [1.165, 1.54) is 32.6 Å². The van der Waals surface area contributed by atoms with Crippen molar-refractivity contribution in [1.29, 1.82) is 5.26 Å². The molecule has 1 amide bonds. The van der Waals surface area contributed by atoms with Crippen LogP contribution in [0.1, 0.15) is 65.3 Å². The van der Waals surface area contributed by atoms with E-state index in [2.05, 4.69) is 16.4 Å². The predicted octanol–water partition coefficient (Wildman–Crippen LogP) is 6.58. The Balaban J connectivity index is 1.01. The van der Waals surface area contributed by atoms with Crippen LogP contribution in [0.25, 0.3) is 11.1 Å². The quantitative estimate of drug-likeness (QED) is 0.123. The number of thiazole rings is 1. The van der Waals surface area contributed by atoms with Crippen LogP contribution < -0.4 is 25.3 Å². The van der Waals surface area contributed by atoms with E-state index in [0.29, 0.717) is 46.3 Å². The summed E-state index contributed by atoms with van der Waals surface area (Å²) in [4.78, 5) is 30.9. The van der Waals surface area contributed by atoms with Gasteiger partial charge in [0.1, 0.15) is 24.4 Å².